The number of benzene rings is 2. The van der Waals surface area contributed by atoms with Crippen LogP contribution in [0.1, 0.15) is 30.4 Å². The van der Waals surface area contributed by atoms with Crippen LogP contribution < -0.4 is 10.1 Å². The molecular formula is C22H22F3N3O4. The number of nitrogens with zero attached hydrogens (tertiary/aromatic N) is 2. The van der Waals surface area contributed by atoms with E-state index >= 15 is 0 Å². The Morgan fingerprint density at radius 2 is 1.81 bits per heavy atom. The Hall–Kier alpha value is -3.40. The van der Waals surface area contributed by atoms with Crippen LogP contribution in [0, 0.1) is 0 Å². The minimum atomic E-state index is -4.48. The van der Waals surface area contributed by atoms with E-state index in [-0.39, 0.29) is 30.2 Å². The normalized spacial score (nSPS) is 13.4. The molecule has 0 aliphatic carbocycles. The van der Waals surface area contributed by atoms with Gasteiger partial charge in [0.25, 0.3) is 0 Å². The molecule has 1 unspecified atom stereocenters. The average Bonchev–Trinajstić information content (AvgIpc) is 3.26. The molecule has 1 N–H and O–H groups in total. The molecule has 32 heavy (non-hydrogen) atoms. The first-order valence-electron chi connectivity index (χ1n) is 9.61. The molecule has 0 aliphatic heterocycles. The van der Waals surface area contributed by atoms with Gasteiger partial charge in [-0.1, -0.05) is 29.4 Å². The van der Waals surface area contributed by atoms with Gasteiger partial charge in [-0.3, -0.25) is 10.1 Å². The highest BCUT2D eigenvalue weighted by atomic mass is 19.4. The number of carbonyl (C=O) groups is 1. The van der Waals surface area contributed by atoms with E-state index in [0.717, 1.165) is 17.7 Å². The summed E-state index contributed by atoms with van der Waals surface area (Å²) >= 11 is 0. The van der Waals surface area contributed by atoms with Crippen molar-refractivity contribution >= 4 is 5.97 Å². The molecule has 0 saturated carbocycles. The fourth-order valence-electron chi connectivity index (χ4n) is 3.14. The summed E-state index contributed by atoms with van der Waals surface area (Å²) < 4.78 is 54.2. The quantitative estimate of drug-likeness (QED) is 0.512. The van der Waals surface area contributed by atoms with Crippen molar-refractivity contribution in [1.29, 1.82) is 0 Å². The van der Waals surface area contributed by atoms with Crippen LogP contribution in [0.25, 0.3) is 11.4 Å². The lowest BCUT2D eigenvalue weighted by Crippen LogP contribution is -2.41. The molecule has 1 heterocycles. The number of rotatable bonds is 8. The van der Waals surface area contributed by atoms with Crippen molar-refractivity contribution in [3.63, 3.8) is 0 Å². The van der Waals surface area contributed by atoms with Gasteiger partial charge in [0, 0.05) is 5.56 Å². The Morgan fingerprint density at radius 3 is 2.50 bits per heavy atom. The molecule has 0 bridgehead atoms. The number of carbonyl (C=O) groups excluding carboxylic acids is 1. The second kappa shape index (κ2) is 9.39. The third-order valence-electron chi connectivity index (χ3n) is 4.98. The molecule has 0 aliphatic rings. The summed E-state index contributed by atoms with van der Waals surface area (Å²) in [6.07, 6.45) is -4.47. The zero-order valence-electron chi connectivity index (χ0n) is 17.7. The Bertz CT molecular complexity index is 1080. The van der Waals surface area contributed by atoms with Crippen molar-refractivity contribution < 1.29 is 32.0 Å². The molecule has 2 aromatic carbocycles. The molecule has 1 aromatic heterocycles. The number of methoxy groups -OCH3 is 2. The molecule has 10 heteroatoms. The lowest BCUT2D eigenvalue weighted by atomic mass is 9.88. The van der Waals surface area contributed by atoms with Gasteiger partial charge in [0.2, 0.25) is 11.7 Å². The summed E-state index contributed by atoms with van der Waals surface area (Å²) in [4.78, 5) is 16.2. The molecule has 0 saturated heterocycles. The first-order chi connectivity index (χ1) is 15.1. The number of alkyl halides is 3. The van der Waals surface area contributed by atoms with E-state index in [4.69, 9.17) is 14.0 Å². The Kier molecular flexibility index (Phi) is 6.83. The van der Waals surface area contributed by atoms with Gasteiger partial charge in [-0.25, -0.2) is 0 Å². The molecular weight excluding hydrogens is 427 g/mol. The maximum absolute atomic E-state index is 13.0. The summed E-state index contributed by atoms with van der Waals surface area (Å²) in [5.41, 5.74) is -0.727. The highest BCUT2D eigenvalue weighted by Gasteiger charge is 2.32. The number of hydrogen-bond acceptors (Lipinski definition) is 7. The van der Waals surface area contributed by atoms with Crippen LogP contribution in [0.4, 0.5) is 13.2 Å². The lowest BCUT2D eigenvalue weighted by Gasteiger charge is -2.30. The maximum Gasteiger partial charge on any atom is 0.416 e. The van der Waals surface area contributed by atoms with Crippen molar-refractivity contribution in [3.05, 3.63) is 65.5 Å². The second-order valence-corrected chi connectivity index (χ2v) is 7.26. The maximum atomic E-state index is 13.0. The van der Waals surface area contributed by atoms with Crippen LogP contribution in [-0.2, 0) is 27.8 Å². The fourth-order valence-corrected chi connectivity index (χ4v) is 3.14. The number of halogens is 3. The number of aromatic nitrogens is 2. The summed E-state index contributed by atoms with van der Waals surface area (Å²) in [6, 6.07) is 11.9. The number of ether oxygens (including phenoxy) is 2. The predicted molar refractivity (Wildman–Crippen MR) is 109 cm³/mol. The van der Waals surface area contributed by atoms with Gasteiger partial charge in [-0.05, 0) is 36.8 Å². The standard InChI is InChI=1S/C22H22F3N3O4/c1-21(12-19(29)31-3,15-7-5-9-17(11-15)30-2)26-13-18-27-20(28-32-18)14-6-4-8-16(10-14)22(23,24)25/h4-11,26H,12-13H2,1-3H3. The summed E-state index contributed by atoms with van der Waals surface area (Å²) in [5, 5.41) is 7.00. The van der Waals surface area contributed by atoms with E-state index in [2.05, 4.69) is 15.5 Å². The topological polar surface area (TPSA) is 86.5 Å². The number of esters is 1. The SMILES string of the molecule is COC(=O)CC(C)(NCc1nc(-c2cccc(C(F)(F)F)c2)no1)c1cccc(OC)c1. The smallest absolute Gasteiger partial charge is 0.416 e. The first kappa shape index (κ1) is 23.3. The molecule has 0 spiro atoms. The summed E-state index contributed by atoms with van der Waals surface area (Å²) in [5.74, 6) is 0.364. The van der Waals surface area contributed by atoms with E-state index in [1.165, 1.54) is 26.4 Å². The molecule has 3 aromatic rings. The van der Waals surface area contributed by atoms with Crippen LogP contribution in [0.5, 0.6) is 5.75 Å². The minimum absolute atomic E-state index is 0.00525. The van der Waals surface area contributed by atoms with E-state index in [1.807, 2.05) is 13.0 Å². The monoisotopic (exact) mass is 449 g/mol. The highest BCUT2D eigenvalue weighted by Crippen LogP contribution is 2.32. The number of hydrogen-bond donors (Lipinski definition) is 1. The van der Waals surface area contributed by atoms with E-state index in [0.29, 0.717) is 5.75 Å². The van der Waals surface area contributed by atoms with Crippen molar-refractivity contribution in [2.75, 3.05) is 14.2 Å². The van der Waals surface area contributed by atoms with Gasteiger partial charge in [-0.2, -0.15) is 18.2 Å². The van der Waals surface area contributed by atoms with Gasteiger partial charge in [0.05, 0.1) is 38.3 Å². The van der Waals surface area contributed by atoms with E-state index < -0.39 is 23.2 Å². The molecule has 0 fully saturated rings. The Morgan fingerprint density at radius 1 is 1.09 bits per heavy atom. The molecule has 0 amide bonds. The third-order valence-corrected chi connectivity index (χ3v) is 4.98. The van der Waals surface area contributed by atoms with Gasteiger partial charge in [0.15, 0.2) is 0 Å². The Labute approximate surface area is 182 Å². The van der Waals surface area contributed by atoms with Crippen molar-refractivity contribution in [2.45, 2.75) is 31.6 Å². The van der Waals surface area contributed by atoms with Gasteiger partial charge < -0.3 is 14.0 Å². The van der Waals surface area contributed by atoms with Crippen molar-refractivity contribution in [2.24, 2.45) is 0 Å². The molecule has 0 radical (unpaired) electrons. The zero-order chi connectivity index (χ0) is 23.4. The van der Waals surface area contributed by atoms with E-state index in [9.17, 15) is 18.0 Å². The largest absolute Gasteiger partial charge is 0.497 e. The minimum Gasteiger partial charge on any atom is -0.497 e. The zero-order valence-corrected chi connectivity index (χ0v) is 17.7. The number of nitrogens with one attached hydrogen (secondary N) is 1. The van der Waals surface area contributed by atoms with Crippen LogP contribution in [-0.4, -0.2) is 30.3 Å². The van der Waals surface area contributed by atoms with Crippen LogP contribution >= 0.6 is 0 Å². The van der Waals surface area contributed by atoms with Crippen LogP contribution in [0.15, 0.2) is 53.1 Å². The van der Waals surface area contributed by atoms with Gasteiger partial charge in [0.1, 0.15) is 5.75 Å². The average molecular weight is 449 g/mol. The lowest BCUT2D eigenvalue weighted by molar-refractivity contribution is -0.142. The summed E-state index contributed by atoms with van der Waals surface area (Å²) in [7, 11) is 2.84. The van der Waals surface area contributed by atoms with Gasteiger partial charge in [-0.15, -0.1) is 0 Å². The van der Waals surface area contributed by atoms with Crippen molar-refractivity contribution in [1.82, 2.24) is 15.5 Å². The van der Waals surface area contributed by atoms with Crippen LogP contribution in [0.2, 0.25) is 0 Å². The highest BCUT2D eigenvalue weighted by molar-refractivity contribution is 5.71. The van der Waals surface area contributed by atoms with Crippen LogP contribution in [0.3, 0.4) is 0 Å². The first-order valence-corrected chi connectivity index (χ1v) is 9.61. The summed E-state index contributed by atoms with van der Waals surface area (Å²) in [6.45, 7) is 1.87. The molecule has 3 rings (SSSR count). The third kappa shape index (κ3) is 5.44. The predicted octanol–water partition coefficient (Wildman–Crippen LogP) is 4.33. The molecule has 1 atom stereocenters. The molecule has 7 nitrogen and oxygen atoms in total. The van der Waals surface area contributed by atoms with E-state index in [1.54, 1.807) is 18.2 Å². The second-order valence-electron chi connectivity index (χ2n) is 7.26. The fraction of sp³-hybridized carbons (Fsp3) is 0.318. The Balaban J connectivity index is 1.81. The van der Waals surface area contributed by atoms with Crippen molar-refractivity contribution in [3.8, 4) is 17.1 Å². The molecule has 170 valence electrons. The van der Waals surface area contributed by atoms with Gasteiger partial charge >= 0.3 is 12.1 Å².